The second kappa shape index (κ2) is 6.72. The molecule has 6 nitrogen and oxygen atoms in total. The Morgan fingerprint density at radius 3 is 2.28 bits per heavy atom. The van der Waals surface area contributed by atoms with E-state index in [-0.39, 0.29) is 23.1 Å². The summed E-state index contributed by atoms with van der Waals surface area (Å²) < 4.78 is 13.7. The first-order valence-electron chi connectivity index (χ1n) is 7.71. The number of carbonyl (C=O) groups is 3. The number of nitrogens with zero attached hydrogens (tertiary/aromatic N) is 1. The molecular weight excluding hydrogens is 327 g/mol. The van der Waals surface area contributed by atoms with Gasteiger partial charge in [-0.1, -0.05) is 0 Å². The van der Waals surface area contributed by atoms with E-state index in [9.17, 15) is 23.9 Å². The van der Waals surface area contributed by atoms with E-state index < -0.39 is 11.7 Å². The van der Waals surface area contributed by atoms with Gasteiger partial charge in [-0.2, -0.15) is 0 Å². The number of hydrogen-bond acceptors (Lipinski definition) is 4. The summed E-state index contributed by atoms with van der Waals surface area (Å²) in [6.45, 7) is 0. The molecule has 1 heterocycles. The Labute approximate surface area is 142 Å². The molecule has 2 N–H and O–H groups in total. The van der Waals surface area contributed by atoms with Crippen LogP contribution in [0.25, 0.3) is 0 Å². The van der Waals surface area contributed by atoms with E-state index in [0.29, 0.717) is 30.6 Å². The molecule has 7 heteroatoms. The summed E-state index contributed by atoms with van der Waals surface area (Å²) in [7, 11) is 0. The highest BCUT2D eigenvalue weighted by molar-refractivity contribution is 6.16. The van der Waals surface area contributed by atoms with Crippen molar-refractivity contribution in [3.8, 4) is 5.75 Å². The van der Waals surface area contributed by atoms with Crippen LogP contribution in [0, 0.1) is 5.82 Å². The van der Waals surface area contributed by atoms with Gasteiger partial charge in [0.1, 0.15) is 11.6 Å². The second-order valence-corrected chi connectivity index (χ2v) is 5.64. The van der Waals surface area contributed by atoms with E-state index >= 15 is 0 Å². The van der Waals surface area contributed by atoms with Gasteiger partial charge in [0.25, 0.3) is 5.91 Å². The molecule has 25 heavy (non-hydrogen) atoms. The number of hydrogen-bond donors (Lipinski definition) is 2. The first-order chi connectivity index (χ1) is 12.0. The average molecular weight is 342 g/mol. The molecule has 3 amide bonds. The standard InChI is InChI=1S/C18H15FN2O4/c19-15-10-13(22)8-9-14(15)18(25)20-11-4-6-12(7-5-11)21-16(23)2-1-3-17(21)24/h4-10,22H,1-3H2,(H,20,25). The van der Waals surface area contributed by atoms with Crippen molar-refractivity contribution in [2.24, 2.45) is 0 Å². The summed E-state index contributed by atoms with van der Waals surface area (Å²) >= 11 is 0. The van der Waals surface area contributed by atoms with Crippen molar-refractivity contribution < 1.29 is 23.9 Å². The fraction of sp³-hybridized carbons (Fsp3) is 0.167. The SMILES string of the molecule is O=C(Nc1ccc(N2C(=O)CCCC2=O)cc1)c1ccc(O)cc1F. The van der Waals surface area contributed by atoms with Crippen LogP contribution in [0.2, 0.25) is 0 Å². The number of phenolic OH excluding ortho intramolecular Hbond substituents is 1. The lowest BCUT2D eigenvalue weighted by Gasteiger charge is -2.24. The number of rotatable bonds is 3. The Morgan fingerprint density at radius 2 is 1.68 bits per heavy atom. The Kier molecular flexibility index (Phi) is 4.47. The molecule has 0 bridgehead atoms. The van der Waals surface area contributed by atoms with E-state index in [4.69, 9.17) is 0 Å². The van der Waals surface area contributed by atoms with Crippen molar-refractivity contribution in [1.29, 1.82) is 0 Å². The molecule has 0 atom stereocenters. The summed E-state index contributed by atoms with van der Waals surface area (Å²) in [4.78, 5) is 37.0. The Balaban J connectivity index is 1.75. The molecule has 0 saturated carbocycles. The number of piperidine rings is 1. The molecule has 2 aromatic rings. The number of anilines is 2. The van der Waals surface area contributed by atoms with Gasteiger partial charge in [0.15, 0.2) is 0 Å². The van der Waals surface area contributed by atoms with Crippen LogP contribution in [-0.2, 0) is 9.59 Å². The number of halogens is 1. The minimum absolute atomic E-state index is 0.205. The van der Waals surface area contributed by atoms with E-state index in [1.54, 1.807) is 12.1 Å². The molecular formula is C18H15FN2O4. The van der Waals surface area contributed by atoms with Crippen molar-refractivity contribution in [3.05, 3.63) is 53.8 Å². The van der Waals surface area contributed by atoms with E-state index in [2.05, 4.69) is 5.32 Å². The number of imide groups is 1. The van der Waals surface area contributed by atoms with Crippen LogP contribution in [0.15, 0.2) is 42.5 Å². The molecule has 0 spiro atoms. The fourth-order valence-corrected chi connectivity index (χ4v) is 2.62. The van der Waals surface area contributed by atoms with Crippen molar-refractivity contribution >= 4 is 29.1 Å². The van der Waals surface area contributed by atoms with Gasteiger partial charge in [0.05, 0.1) is 11.3 Å². The van der Waals surface area contributed by atoms with Gasteiger partial charge >= 0.3 is 0 Å². The Hall–Kier alpha value is -3.22. The number of benzene rings is 2. The maximum Gasteiger partial charge on any atom is 0.258 e. The van der Waals surface area contributed by atoms with E-state index in [1.807, 2.05) is 0 Å². The van der Waals surface area contributed by atoms with Crippen LogP contribution in [-0.4, -0.2) is 22.8 Å². The van der Waals surface area contributed by atoms with Crippen LogP contribution < -0.4 is 10.2 Å². The summed E-state index contributed by atoms with van der Waals surface area (Å²) in [5.41, 5.74) is 0.616. The third-order valence-corrected chi connectivity index (χ3v) is 3.86. The highest BCUT2D eigenvalue weighted by Crippen LogP contribution is 2.24. The molecule has 2 aromatic carbocycles. The maximum atomic E-state index is 13.7. The summed E-state index contributed by atoms with van der Waals surface area (Å²) in [6.07, 6.45) is 1.20. The maximum absolute atomic E-state index is 13.7. The zero-order valence-electron chi connectivity index (χ0n) is 13.2. The van der Waals surface area contributed by atoms with Gasteiger partial charge in [0.2, 0.25) is 11.8 Å². The van der Waals surface area contributed by atoms with Crippen LogP contribution in [0.5, 0.6) is 5.75 Å². The lowest BCUT2D eigenvalue weighted by Crippen LogP contribution is -2.40. The second-order valence-electron chi connectivity index (χ2n) is 5.64. The van der Waals surface area contributed by atoms with Gasteiger partial charge in [-0.15, -0.1) is 0 Å². The number of phenols is 1. The molecule has 128 valence electrons. The quantitative estimate of drug-likeness (QED) is 0.840. The molecule has 0 unspecified atom stereocenters. The van der Waals surface area contributed by atoms with Crippen molar-refractivity contribution in [2.45, 2.75) is 19.3 Å². The molecule has 0 radical (unpaired) electrons. The molecule has 1 aliphatic rings. The lowest BCUT2D eigenvalue weighted by molar-refractivity contribution is -0.129. The van der Waals surface area contributed by atoms with Crippen LogP contribution in [0.4, 0.5) is 15.8 Å². The molecule has 1 fully saturated rings. The smallest absolute Gasteiger partial charge is 0.258 e. The largest absolute Gasteiger partial charge is 0.508 e. The van der Waals surface area contributed by atoms with Gasteiger partial charge in [-0.3, -0.25) is 19.3 Å². The monoisotopic (exact) mass is 342 g/mol. The minimum Gasteiger partial charge on any atom is -0.508 e. The first-order valence-corrected chi connectivity index (χ1v) is 7.71. The predicted octanol–water partition coefficient (Wildman–Crippen LogP) is 2.83. The van der Waals surface area contributed by atoms with Gasteiger partial charge in [0, 0.05) is 24.6 Å². The van der Waals surface area contributed by atoms with Crippen molar-refractivity contribution in [2.75, 3.05) is 10.2 Å². The Morgan fingerprint density at radius 1 is 1.04 bits per heavy atom. The van der Waals surface area contributed by atoms with Crippen LogP contribution in [0.1, 0.15) is 29.6 Å². The summed E-state index contributed by atoms with van der Waals surface area (Å²) in [5, 5.41) is 11.7. The van der Waals surface area contributed by atoms with Gasteiger partial charge in [-0.05, 0) is 42.8 Å². The third-order valence-electron chi connectivity index (χ3n) is 3.86. The van der Waals surface area contributed by atoms with Crippen LogP contribution >= 0.6 is 0 Å². The topological polar surface area (TPSA) is 86.7 Å². The molecule has 0 aromatic heterocycles. The van der Waals surface area contributed by atoms with Gasteiger partial charge < -0.3 is 10.4 Å². The van der Waals surface area contributed by atoms with Crippen LogP contribution in [0.3, 0.4) is 0 Å². The first kappa shape index (κ1) is 16.6. The van der Waals surface area contributed by atoms with Gasteiger partial charge in [-0.25, -0.2) is 4.39 Å². The highest BCUT2D eigenvalue weighted by atomic mass is 19.1. The summed E-state index contributed by atoms with van der Waals surface area (Å²) in [6, 6.07) is 9.40. The zero-order valence-corrected chi connectivity index (χ0v) is 13.2. The number of aromatic hydroxyl groups is 1. The summed E-state index contributed by atoms with van der Waals surface area (Å²) in [5.74, 6) is -2.28. The predicted molar refractivity (Wildman–Crippen MR) is 88.8 cm³/mol. The molecule has 1 saturated heterocycles. The normalized spacial score (nSPS) is 14.5. The highest BCUT2D eigenvalue weighted by Gasteiger charge is 2.27. The molecule has 3 rings (SSSR count). The number of amides is 3. The van der Waals surface area contributed by atoms with Crippen molar-refractivity contribution in [1.82, 2.24) is 0 Å². The average Bonchev–Trinajstić information content (AvgIpc) is 2.56. The molecule has 1 aliphatic heterocycles. The fourth-order valence-electron chi connectivity index (χ4n) is 2.62. The van der Waals surface area contributed by atoms with E-state index in [1.165, 1.54) is 24.3 Å². The lowest BCUT2D eigenvalue weighted by atomic mass is 10.1. The number of nitrogens with one attached hydrogen (secondary N) is 1. The Bertz CT molecular complexity index is 833. The minimum atomic E-state index is -0.835. The van der Waals surface area contributed by atoms with Crippen molar-refractivity contribution in [3.63, 3.8) is 0 Å². The van der Waals surface area contributed by atoms with E-state index in [0.717, 1.165) is 11.0 Å². The number of carbonyl (C=O) groups excluding carboxylic acids is 3. The third kappa shape index (κ3) is 3.50. The molecule has 0 aliphatic carbocycles. The zero-order chi connectivity index (χ0) is 18.0.